The first-order valence-electron chi connectivity index (χ1n) is 10.0. The second-order valence-electron chi connectivity index (χ2n) is 7.46. The minimum absolute atomic E-state index is 0.587. The highest BCUT2D eigenvalue weighted by atomic mass is 16.5. The lowest BCUT2D eigenvalue weighted by Gasteiger charge is -2.32. The Hall–Kier alpha value is -1.06. The van der Waals surface area contributed by atoms with Crippen molar-refractivity contribution in [1.29, 1.82) is 0 Å². The smallest absolute Gasteiger partial charge is 0.119 e. The van der Waals surface area contributed by atoms with Crippen molar-refractivity contribution in [3.8, 4) is 5.75 Å². The summed E-state index contributed by atoms with van der Waals surface area (Å²) in [5, 5.41) is 3.45. The van der Waals surface area contributed by atoms with E-state index in [0.29, 0.717) is 12.1 Å². The molecule has 1 heterocycles. The standard InChI is InChI=1S/C21H34N2O/c1-3-22-17(2)8-7-15-24-19-10-11-20-18(16-19)9-12-21(20)23-13-5-4-6-14-23/h10-11,16-17,21-22H,3-9,12-15H2,1-2H3. The van der Waals surface area contributed by atoms with Crippen LogP contribution < -0.4 is 10.1 Å². The average molecular weight is 331 g/mol. The topological polar surface area (TPSA) is 24.5 Å². The molecule has 0 aromatic heterocycles. The van der Waals surface area contributed by atoms with Crippen LogP contribution in [0, 0.1) is 0 Å². The molecule has 3 heteroatoms. The van der Waals surface area contributed by atoms with Gasteiger partial charge in [-0.2, -0.15) is 0 Å². The molecule has 3 rings (SSSR count). The lowest BCUT2D eigenvalue weighted by molar-refractivity contribution is 0.163. The number of hydrogen-bond donors (Lipinski definition) is 1. The van der Waals surface area contributed by atoms with E-state index < -0.39 is 0 Å². The zero-order valence-corrected chi connectivity index (χ0v) is 15.5. The zero-order chi connectivity index (χ0) is 16.8. The second-order valence-corrected chi connectivity index (χ2v) is 7.46. The Morgan fingerprint density at radius 1 is 1.25 bits per heavy atom. The number of aryl methyl sites for hydroxylation is 1. The van der Waals surface area contributed by atoms with E-state index >= 15 is 0 Å². The van der Waals surface area contributed by atoms with E-state index in [1.165, 1.54) is 57.2 Å². The van der Waals surface area contributed by atoms with Crippen molar-refractivity contribution >= 4 is 0 Å². The summed E-state index contributed by atoms with van der Waals surface area (Å²) < 4.78 is 6.00. The summed E-state index contributed by atoms with van der Waals surface area (Å²) in [5.41, 5.74) is 3.08. The number of nitrogens with zero attached hydrogens (tertiary/aromatic N) is 1. The number of likely N-dealkylation sites (tertiary alicyclic amines) is 1. The van der Waals surface area contributed by atoms with E-state index in [-0.39, 0.29) is 0 Å². The number of ether oxygens (including phenoxy) is 1. The normalized spacial score (nSPS) is 22.3. The molecular formula is C21H34N2O. The molecule has 0 spiro atoms. The minimum atomic E-state index is 0.587. The molecule has 1 saturated heterocycles. The fourth-order valence-corrected chi connectivity index (χ4v) is 4.30. The molecule has 2 aliphatic rings. The van der Waals surface area contributed by atoms with Crippen LogP contribution in [-0.4, -0.2) is 37.2 Å². The molecule has 1 N–H and O–H groups in total. The first kappa shape index (κ1) is 17.8. The van der Waals surface area contributed by atoms with Crippen LogP contribution in [0.1, 0.15) is 69.5 Å². The molecule has 2 atom stereocenters. The number of hydrogen-bond acceptors (Lipinski definition) is 3. The van der Waals surface area contributed by atoms with Crippen LogP contribution in [-0.2, 0) is 6.42 Å². The fourth-order valence-electron chi connectivity index (χ4n) is 4.30. The molecule has 2 unspecified atom stereocenters. The van der Waals surface area contributed by atoms with Crippen molar-refractivity contribution in [3.05, 3.63) is 29.3 Å². The first-order chi connectivity index (χ1) is 11.8. The van der Waals surface area contributed by atoms with E-state index in [2.05, 4.69) is 42.3 Å². The summed E-state index contributed by atoms with van der Waals surface area (Å²) in [7, 11) is 0. The number of fused-ring (bicyclic) bond motifs is 1. The van der Waals surface area contributed by atoms with Gasteiger partial charge in [-0.3, -0.25) is 4.90 Å². The average Bonchev–Trinajstić information content (AvgIpc) is 3.03. The van der Waals surface area contributed by atoms with E-state index in [0.717, 1.165) is 25.3 Å². The summed E-state index contributed by atoms with van der Waals surface area (Å²) in [6, 6.07) is 8.07. The molecule has 1 aliphatic carbocycles. The van der Waals surface area contributed by atoms with Gasteiger partial charge in [0.15, 0.2) is 0 Å². The predicted molar refractivity (Wildman–Crippen MR) is 101 cm³/mol. The van der Waals surface area contributed by atoms with Crippen LogP contribution >= 0.6 is 0 Å². The molecule has 1 aliphatic heterocycles. The van der Waals surface area contributed by atoms with Crippen molar-refractivity contribution in [1.82, 2.24) is 10.2 Å². The van der Waals surface area contributed by atoms with Crippen LogP contribution in [0.2, 0.25) is 0 Å². The molecule has 1 aromatic rings. The molecule has 1 fully saturated rings. The maximum Gasteiger partial charge on any atom is 0.119 e. The zero-order valence-electron chi connectivity index (χ0n) is 15.5. The van der Waals surface area contributed by atoms with Crippen LogP contribution in [0.25, 0.3) is 0 Å². The van der Waals surface area contributed by atoms with Crippen molar-refractivity contribution in [2.24, 2.45) is 0 Å². The Kier molecular flexibility index (Phi) is 6.56. The predicted octanol–water partition coefficient (Wildman–Crippen LogP) is 4.32. The Labute approximate surface area is 147 Å². The second kappa shape index (κ2) is 8.87. The lowest BCUT2D eigenvalue weighted by atomic mass is 10.0. The molecule has 0 amide bonds. The third-order valence-corrected chi connectivity index (χ3v) is 5.59. The maximum absolute atomic E-state index is 6.00. The van der Waals surface area contributed by atoms with Crippen LogP contribution in [0.5, 0.6) is 5.75 Å². The van der Waals surface area contributed by atoms with Gasteiger partial charge in [-0.05, 0) is 88.3 Å². The number of benzene rings is 1. The Morgan fingerprint density at radius 3 is 2.88 bits per heavy atom. The SMILES string of the molecule is CCNC(C)CCCOc1ccc2c(c1)CCC2N1CCCCC1. The number of piperidine rings is 1. The summed E-state index contributed by atoms with van der Waals surface area (Å²) in [6.45, 7) is 8.85. The first-order valence-corrected chi connectivity index (χ1v) is 10.0. The molecule has 134 valence electrons. The van der Waals surface area contributed by atoms with Gasteiger partial charge in [0.25, 0.3) is 0 Å². The molecule has 0 saturated carbocycles. The van der Waals surface area contributed by atoms with Crippen LogP contribution in [0.15, 0.2) is 18.2 Å². The van der Waals surface area contributed by atoms with Gasteiger partial charge in [0.1, 0.15) is 5.75 Å². The van der Waals surface area contributed by atoms with E-state index in [1.807, 2.05) is 0 Å². The minimum Gasteiger partial charge on any atom is -0.494 e. The van der Waals surface area contributed by atoms with Crippen molar-refractivity contribution in [3.63, 3.8) is 0 Å². The van der Waals surface area contributed by atoms with E-state index in [1.54, 1.807) is 5.56 Å². The lowest BCUT2D eigenvalue weighted by Crippen LogP contribution is -2.32. The van der Waals surface area contributed by atoms with Crippen molar-refractivity contribution in [2.45, 2.75) is 70.9 Å². The summed E-state index contributed by atoms with van der Waals surface area (Å²) in [6.07, 6.45) is 8.95. The van der Waals surface area contributed by atoms with Gasteiger partial charge in [-0.25, -0.2) is 0 Å². The summed E-state index contributed by atoms with van der Waals surface area (Å²) in [5.74, 6) is 1.06. The highest BCUT2D eigenvalue weighted by Crippen LogP contribution is 2.38. The van der Waals surface area contributed by atoms with E-state index in [4.69, 9.17) is 4.74 Å². The van der Waals surface area contributed by atoms with Crippen LogP contribution in [0.4, 0.5) is 0 Å². The molecule has 0 bridgehead atoms. The van der Waals surface area contributed by atoms with Gasteiger partial charge in [-0.1, -0.05) is 19.4 Å². The molecule has 1 aromatic carbocycles. The largest absolute Gasteiger partial charge is 0.494 e. The Morgan fingerprint density at radius 2 is 2.08 bits per heavy atom. The van der Waals surface area contributed by atoms with Gasteiger partial charge < -0.3 is 10.1 Å². The molecule has 3 nitrogen and oxygen atoms in total. The summed E-state index contributed by atoms with van der Waals surface area (Å²) in [4.78, 5) is 2.71. The van der Waals surface area contributed by atoms with Gasteiger partial charge in [-0.15, -0.1) is 0 Å². The van der Waals surface area contributed by atoms with Crippen molar-refractivity contribution < 1.29 is 4.74 Å². The van der Waals surface area contributed by atoms with Gasteiger partial charge in [0.05, 0.1) is 6.61 Å². The van der Waals surface area contributed by atoms with Gasteiger partial charge in [0.2, 0.25) is 0 Å². The third-order valence-electron chi connectivity index (χ3n) is 5.59. The number of nitrogens with one attached hydrogen (secondary N) is 1. The Bertz CT molecular complexity index is 511. The monoisotopic (exact) mass is 330 g/mol. The van der Waals surface area contributed by atoms with Gasteiger partial charge >= 0.3 is 0 Å². The highest BCUT2D eigenvalue weighted by Gasteiger charge is 2.28. The molecular weight excluding hydrogens is 296 g/mol. The summed E-state index contributed by atoms with van der Waals surface area (Å²) >= 11 is 0. The van der Waals surface area contributed by atoms with Crippen LogP contribution in [0.3, 0.4) is 0 Å². The highest BCUT2D eigenvalue weighted by molar-refractivity contribution is 5.40. The number of rotatable bonds is 8. The van der Waals surface area contributed by atoms with E-state index in [9.17, 15) is 0 Å². The maximum atomic E-state index is 6.00. The molecule has 0 radical (unpaired) electrons. The van der Waals surface area contributed by atoms with Gasteiger partial charge in [0, 0.05) is 12.1 Å². The van der Waals surface area contributed by atoms with Crippen molar-refractivity contribution in [2.75, 3.05) is 26.2 Å². The third kappa shape index (κ3) is 4.52. The molecule has 24 heavy (non-hydrogen) atoms. The Balaban J connectivity index is 1.50. The quantitative estimate of drug-likeness (QED) is 0.719. The fraction of sp³-hybridized carbons (Fsp3) is 0.714.